The molecule has 0 aromatic carbocycles. The minimum Gasteiger partial charge on any atom is -0.396 e. The van der Waals surface area contributed by atoms with Gasteiger partial charge in [-0.2, -0.15) is 5.10 Å². The molecule has 2 saturated heterocycles. The molecule has 1 aromatic rings. The van der Waals surface area contributed by atoms with Crippen LogP contribution in [0.4, 0.5) is 5.69 Å². The largest absolute Gasteiger partial charge is 0.396 e. The number of aryl methyl sites for hydroxylation is 1. The molecular formula is C13H18N4O3. The molecule has 7 nitrogen and oxygen atoms in total. The van der Waals surface area contributed by atoms with Gasteiger partial charge in [0.2, 0.25) is 11.8 Å². The second-order valence-electron chi connectivity index (χ2n) is 5.46. The van der Waals surface area contributed by atoms with Crippen LogP contribution in [0, 0.1) is 11.8 Å². The van der Waals surface area contributed by atoms with E-state index in [0.29, 0.717) is 19.6 Å². The molecule has 7 heteroatoms. The van der Waals surface area contributed by atoms with Crippen LogP contribution in [-0.2, 0) is 16.6 Å². The molecule has 0 radical (unpaired) electrons. The van der Waals surface area contributed by atoms with E-state index in [2.05, 4.69) is 5.10 Å². The zero-order valence-corrected chi connectivity index (χ0v) is 11.4. The maximum absolute atomic E-state index is 12.4. The van der Waals surface area contributed by atoms with Gasteiger partial charge in [-0.15, -0.1) is 0 Å². The van der Waals surface area contributed by atoms with Crippen LogP contribution in [0.2, 0.25) is 0 Å². The Labute approximate surface area is 116 Å². The summed E-state index contributed by atoms with van der Waals surface area (Å²) >= 11 is 0. The first-order valence-corrected chi connectivity index (χ1v) is 6.79. The van der Waals surface area contributed by atoms with Gasteiger partial charge >= 0.3 is 0 Å². The smallest absolute Gasteiger partial charge is 0.232 e. The molecule has 0 saturated carbocycles. The molecule has 2 aliphatic rings. The van der Waals surface area contributed by atoms with Gasteiger partial charge in [0.25, 0.3) is 0 Å². The fraction of sp³-hybridized carbons (Fsp3) is 0.615. The van der Waals surface area contributed by atoms with Crippen molar-refractivity contribution in [2.75, 3.05) is 31.1 Å². The Kier molecular flexibility index (Phi) is 3.21. The predicted molar refractivity (Wildman–Crippen MR) is 70.8 cm³/mol. The summed E-state index contributed by atoms with van der Waals surface area (Å²) in [6.07, 6.45) is 3.65. The maximum atomic E-state index is 12.4. The second-order valence-corrected chi connectivity index (χ2v) is 5.46. The third kappa shape index (κ3) is 2.07. The SMILES string of the molecule is Cn1cc(N2C[C@@H]3CN(C(=O)CCO)C[C@@H]3C2=O)cn1. The third-order valence-corrected chi connectivity index (χ3v) is 4.12. The lowest BCUT2D eigenvalue weighted by atomic mass is 10.0. The van der Waals surface area contributed by atoms with Crippen molar-refractivity contribution in [3.63, 3.8) is 0 Å². The molecule has 3 rings (SSSR count). The first kappa shape index (κ1) is 13.1. The van der Waals surface area contributed by atoms with Crippen LogP contribution in [-0.4, -0.2) is 57.8 Å². The summed E-state index contributed by atoms with van der Waals surface area (Å²) in [5.74, 6) is 0.0770. The van der Waals surface area contributed by atoms with Crippen molar-refractivity contribution in [2.45, 2.75) is 6.42 Å². The molecule has 2 amide bonds. The number of aliphatic hydroxyl groups excluding tert-OH is 1. The lowest BCUT2D eigenvalue weighted by Gasteiger charge is -2.20. The van der Waals surface area contributed by atoms with E-state index in [1.807, 2.05) is 13.2 Å². The number of hydrogen-bond donors (Lipinski definition) is 1. The number of aliphatic hydroxyl groups is 1. The molecule has 0 bridgehead atoms. The molecule has 2 atom stereocenters. The van der Waals surface area contributed by atoms with E-state index in [-0.39, 0.29) is 36.7 Å². The number of fused-ring (bicyclic) bond motifs is 1. The van der Waals surface area contributed by atoms with Crippen molar-refractivity contribution >= 4 is 17.5 Å². The molecule has 2 aliphatic heterocycles. The van der Waals surface area contributed by atoms with Crippen LogP contribution in [0.5, 0.6) is 0 Å². The Hall–Kier alpha value is -1.89. The Morgan fingerprint density at radius 1 is 1.45 bits per heavy atom. The summed E-state index contributed by atoms with van der Waals surface area (Å²) in [7, 11) is 1.82. The molecule has 0 spiro atoms. The molecule has 0 unspecified atom stereocenters. The molecule has 1 aromatic heterocycles. The van der Waals surface area contributed by atoms with E-state index in [1.54, 1.807) is 20.7 Å². The number of carbonyl (C=O) groups is 2. The number of likely N-dealkylation sites (tertiary alicyclic amines) is 1. The monoisotopic (exact) mass is 278 g/mol. The second kappa shape index (κ2) is 4.90. The minimum absolute atomic E-state index is 0.0670. The lowest BCUT2D eigenvalue weighted by molar-refractivity contribution is -0.131. The van der Waals surface area contributed by atoms with Gasteiger partial charge in [0.1, 0.15) is 0 Å². The average molecular weight is 278 g/mol. The highest BCUT2D eigenvalue weighted by molar-refractivity contribution is 5.98. The summed E-state index contributed by atoms with van der Waals surface area (Å²) in [6, 6.07) is 0. The van der Waals surface area contributed by atoms with Crippen molar-refractivity contribution in [2.24, 2.45) is 18.9 Å². The highest BCUT2D eigenvalue weighted by Crippen LogP contribution is 2.35. The molecule has 0 aliphatic carbocycles. The number of rotatable bonds is 3. The Morgan fingerprint density at radius 2 is 2.25 bits per heavy atom. The number of aromatic nitrogens is 2. The van der Waals surface area contributed by atoms with Crippen molar-refractivity contribution in [1.82, 2.24) is 14.7 Å². The van der Waals surface area contributed by atoms with Crippen molar-refractivity contribution in [3.8, 4) is 0 Å². The van der Waals surface area contributed by atoms with Crippen LogP contribution in [0.1, 0.15) is 6.42 Å². The topological polar surface area (TPSA) is 78.7 Å². The van der Waals surface area contributed by atoms with Gasteiger partial charge in [-0.05, 0) is 0 Å². The highest BCUT2D eigenvalue weighted by Gasteiger charge is 2.47. The molecule has 20 heavy (non-hydrogen) atoms. The maximum Gasteiger partial charge on any atom is 0.232 e. The van der Waals surface area contributed by atoms with Crippen LogP contribution in [0.15, 0.2) is 12.4 Å². The van der Waals surface area contributed by atoms with Gasteiger partial charge in [-0.3, -0.25) is 14.3 Å². The summed E-state index contributed by atoms with van der Waals surface area (Å²) in [5, 5.41) is 12.9. The van der Waals surface area contributed by atoms with E-state index in [0.717, 1.165) is 5.69 Å². The zero-order chi connectivity index (χ0) is 14.3. The van der Waals surface area contributed by atoms with Crippen LogP contribution in [0.3, 0.4) is 0 Å². The summed E-state index contributed by atoms with van der Waals surface area (Å²) in [4.78, 5) is 27.6. The van der Waals surface area contributed by atoms with Gasteiger partial charge in [0.15, 0.2) is 0 Å². The number of hydrogen-bond acceptors (Lipinski definition) is 4. The van der Waals surface area contributed by atoms with Crippen molar-refractivity contribution in [1.29, 1.82) is 0 Å². The van der Waals surface area contributed by atoms with Gasteiger partial charge in [0, 0.05) is 45.2 Å². The average Bonchev–Trinajstić information content (AvgIpc) is 3.07. The normalized spacial score (nSPS) is 25.4. The number of carbonyl (C=O) groups excluding carboxylic acids is 2. The van der Waals surface area contributed by atoms with E-state index in [9.17, 15) is 9.59 Å². The summed E-state index contributed by atoms with van der Waals surface area (Å²) < 4.78 is 1.67. The van der Waals surface area contributed by atoms with Gasteiger partial charge in [-0.1, -0.05) is 0 Å². The summed E-state index contributed by atoms with van der Waals surface area (Å²) in [5.41, 5.74) is 0.820. The molecule has 3 heterocycles. The fourth-order valence-corrected chi connectivity index (χ4v) is 3.10. The van der Waals surface area contributed by atoms with Crippen LogP contribution in [0.25, 0.3) is 0 Å². The van der Waals surface area contributed by atoms with Crippen molar-refractivity contribution < 1.29 is 14.7 Å². The Bertz CT molecular complexity index is 541. The molecule has 108 valence electrons. The van der Waals surface area contributed by atoms with E-state index in [4.69, 9.17) is 5.11 Å². The fourth-order valence-electron chi connectivity index (χ4n) is 3.10. The highest BCUT2D eigenvalue weighted by atomic mass is 16.3. The molecule has 2 fully saturated rings. The zero-order valence-electron chi connectivity index (χ0n) is 11.4. The van der Waals surface area contributed by atoms with Crippen molar-refractivity contribution in [3.05, 3.63) is 12.4 Å². The number of anilines is 1. The predicted octanol–water partition coefficient (Wildman–Crippen LogP) is -0.776. The molecular weight excluding hydrogens is 260 g/mol. The lowest BCUT2D eigenvalue weighted by Crippen LogP contribution is -2.35. The van der Waals surface area contributed by atoms with Gasteiger partial charge in [-0.25, -0.2) is 0 Å². The Balaban J connectivity index is 1.69. The Morgan fingerprint density at radius 3 is 2.85 bits per heavy atom. The third-order valence-electron chi connectivity index (χ3n) is 4.12. The van der Waals surface area contributed by atoms with Gasteiger partial charge in [0.05, 0.1) is 24.4 Å². The van der Waals surface area contributed by atoms with E-state index < -0.39 is 0 Å². The van der Waals surface area contributed by atoms with E-state index >= 15 is 0 Å². The standard InChI is InChI=1S/C13H18N4O3/c1-15-7-10(4-14-15)17-6-9-5-16(12(19)2-3-18)8-11(9)13(17)20/h4,7,9,11,18H,2-3,5-6,8H2,1H3/t9-,11-/m0/s1. The van der Waals surface area contributed by atoms with Crippen LogP contribution < -0.4 is 4.90 Å². The van der Waals surface area contributed by atoms with Gasteiger partial charge < -0.3 is 14.9 Å². The quantitative estimate of drug-likeness (QED) is 0.787. The first-order chi connectivity index (χ1) is 9.60. The van der Waals surface area contributed by atoms with Crippen LogP contribution >= 0.6 is 0 Å². The number of amides is 2. The number of nitrogens with zero attached hydrogens (tertiary/aromatic N) is 4. The first-order valence-electron chi connectivity index (χ1n) is 6.79. The van der Waals surface area contributed by atoms with E-state index in [1.165, 1.54) is 0 Å². The summed E-state index contributed by atoms with van der Waals surface area (Å²) in [6.45, 7) is 1.57. The minimum atomic E-state index is -0.138. The molecule has 1 N–H and O–H groups in total.